The van der Waals surface area contributed by atoms with Crippen molar-refractivity contribution in [3.63, 3.8) is 0 Å². The van der Waals surface area contributed by atoms with Crippen molar-refractivity contribution in [1.82, 2.24) is 14.5 Å². The minimum atomic E-state index is -3.05. The van der Waals surface area contributed by atoms with Gasteiger partial charge in [-0.15, -0.1) is 0 Å². The molecule has 1 unspecified atom stereocenters. The SMILES string of the molecule is CCCN(C(=O)c1nc(-c2ccccc2)n2c1CCCCC2)C1CCS(=O)(=O)C1. The Hall–Kier alpha value is -2.15. The number of fused-ring (bicyclic) bond motifs is 1. The molecule has 1 amide bonds. The van der Waals surface area contributed by atoms with Crippen LogP contribution in [0.4, 0.5) is 0 Å². The normalized spacial score (nSPS) is 20.8. The van der Waals surface area contributed by atoms with Crippen molar-refractivity contribution in [2.75, 3.05) is 18.1 Å². The van der Waals surface area contributed by atoms with Crippen LogP contribution in [-0.2, 0) is 22.8 Å². The van der Waals surface area contributed by atoms with Gasteiger partial charge in [0.15, 0.2) is 9.84 Å². The van der Waals surface area contributed by atoms with Crippen LogP contribution in [0.1, 0.15) is 55.2 Å². The number of aromatic nitrogens is 2. The van der Waals surface area contributed by atoms with E-state index in [9.17, 15) is 13.2 Å². The van der Waals surface area contributed by atoms with E-state index in [0.717, 1.165) is 55.7 Å². The molecule has 29 heavy (non-hydrogen) atoms. The van der Waals surface area contributed by atoms with E-state index < -0.39 is 9.84 Å². The molecule has 0 N–H and O–H groups in total. The summed E-state index contributed by atoms with van der Waals surface area (Å²) in [7, 11) is -3.05. The molecule has 2 aromatic rings. The average Bonchev–Trinajstić information content (AvgIpc) is 3.16. The number of carbonyl (C=O) groups excluding carboxylic acids is 1. The molecule has 7 heteroatoms. The van der Waals surface area contributed by atoms with Crippen LogP contribution in [0.3, 0.4) is 0 Å². The zero-order chi connectivity index (χ0) is 20.4. The number of sulfone groups is 1. The molecule has 6 nitrogen and oxygen atoms in total. The predicted molar refractivity (Wildman–Crippen MR) is 114 cm³/mol. The highest BCUT2D eigenvalue weighted by atomic mass is 32.2. The lowest BCUT2D eigenvalue weighted by atomic mass is 10.1. The highest BCUT2D eigenvalue weighted by molar-refractivity contribution is 7.91. The molecule has 3 heterocycles. The molecule has 2 aliphatic rings. The van der Waals surface area contributed by atoms with Gasteiger partial charge < -0.3 is 9.47 Å². The molecule has 0 spiro atoms. The fraction of sp³-hybridized carbons (Fsp3) is 0.545. The minimum Gasteiger partial charge on any atom is -0.333 e. The first-order chi connectivity index (χ1) is 14.0. The maximum absolute atomic E-state index is 13.6. The Labute approximate surface area is 172 Å². The highest BCUT2D eigenvalue weighted by Crippen LogP contribution is 2.29. The van der Waals surface area contributed by atoms with Gasteiger partial charge in [0, 0.05) is 24.7 Å². The van der Waals surface area contributed by atoms with Crippen molar-refractivity contribution in [1.29, 1.82) is 0 Å². The molecule has 0 bridgehead atoms. The van der Waals surface area contributed by atoms with E-state index in [1.165, 1.54) is 0 Å². The zero-order valence-corrected chi connectivity index (χ0v) is 17.8. The van der Waals surface area contributed by atoms with Crippen LogP contribution in [0.15, 0.2) is 30.3 Å². The number of benzene rings is 1. The molecule has 1 saturated heterocycles. The van der Waals surface area contributed by atoms with Gasteiger partial charge in [-0.25, -0.2) is 13.4 Å². The van der Waals surface area contributed by atoms with E-state index in [2.05, 4.69) is 4.57 Å². The molecular weight excluding hydrogens is 386 g/mol. The fourth-order valence-corrected chi connectivity index (χ4v) is 6.28. The van der Waals surface area contributed by atoms with Crippen molar-refractivity contribution >= 4 is 15.7 Å². The third-order valence-electron chi connectivity index (χ3n) is 5.98. The third kappa shape index (κ3) is 4.10. The van der Waals surface area contributed by atoms with Crippen molar-refractivity contribution in [2.24, 2.45) is 0 Å². The summed E-state index contributed by atoms with van der Waals surface area (Å²) < 4.78 is 26.3. The summed E-state index contributed by atoms with van der Waals surface area (Å²) in [5, 5.41) is 0. The standard InChI is InChI=1S/C22H29N3O3S/c1-2-13-24(18-12-15-29(27,28)16-18)22(26)20-19-11-7-4-8-14-25(19)21(23-20)17-9-5-3-6-10-17/h3,5-6,9-10,18H,2,4,7-8,11-16H2,1H3. The van der Waals surface area contributed by atoms with Crippen molar-refractivity contribution < 1.29 is 13.2 Å². The Morgan fingerprint density at radius 1 is 1.21 bits per heavy atom. The van der Waals surface area contributed by atoms with Gasteiger partial charge in [-0.1, -0.05) is 43.7 Å². The first-order valence-electron chi connectivity index (χ1n) is 10.7. The van der Waals surface area contributed by atoms with Gasteiger partial charge >= 0.3 is 0 Å². The fourth-order valence-electron chi connectivity index (χ4n) is 4.55. The lowest BCUT2D eigenvalue weighted by molar-refractivity contribution is 0.0690. The molecule has 1 aromatic carbocycles. The lowest BCUT2D eigenvalue weighted by Gasteiger charge is -2.27. The highest BCUT2D eigenvalue weighted by Gasteiger charge is 2.36. The van der Waals surface area contributed by atoms with Gasteiger partial charge in [-0.05, 0) is 32.1 Å². The number of amides is 1. The summed E-state index contributed by atoms with van der Waals surface area (Å²) in [5.74, 6) is 0.977. The van der Waals surface area contributed by atoms with E-state index in [1.807, 2.05) is 37.3 Å². The van der Waals surface area contributed by atoms with Crippen molar-refractivity contribution in [3.8, 4) is 11.4 Å². The topological polar surface area (TPSA) is 72.3 Å². The zero-order valence-electron chi connectivity index (χ0n) is 17.0. The summed E-state index contributed by atoms with van der Waals surface area (Å²) in [6.45, 7) is 3.45. The van der Waals surface area contributed by atoms with Gasteiger partial charge in [-0.3, -0.25) is 4.79 Å². The second-order valence-corrected chi connectivity index (χ2v) is 10.3. The second kappa shape index (κ2) is 8.30. The lowest BCUT2D eigenvalue weighted by Crippen LogP contribution is -2.42. The van der Waals surface area contributed by atoms with Crippen LogP contribution >= 0.6 is 0 Å². The molecule has 0 aliphatic carbocycles. The van der Waals surface area contributed by atoms with Gasteiger partial charge in [0.05, 0.1) is 17.2 Å². The van der Waals surface area contributed by atoms with Gasteiger partial charge in [0.2, 0.25) is 0 Å². The molecule has 1 aromatic heterocycles. The van der Waals surface area contributed by atoms with E-state index >= 15 is 0 Å². The molecule has 2 aliphatic heterocycles. The Morgan fingerprint density at radius 2 is 2.00 bits per heavy atom. The molecule has 1 fully saturated rings. The number of rotatable bonds is 5. The van der Waals surface area contributed by atoms with Gasteiger partial charge in [0.25, 0.3) is 5.91 Å². The smallest absolute Gasteiger partial charge is 0.274 e. The molecule has 1 atom stereocenters. The average molecular weight is 416 g/mol. The second-order valence-electron chi connectivity index (χ2n) is 8.11. The van der Waals surface area contributed by atoms with Crippen molar-refractivity contribution in [2.45, 2.75) is 58.0 Å². The molecular formula is C22H29N3O3S. The maximum Gasteiger partial charge on any atom is 0.274 e. The quantitative estimate of drug-likeness (QED) is 0.751. The summed E-state index contributed by atoms with van der Waals surface area (Å²) >= 11 is 0. The molecule has 4 rings (SSSR count). The predicted octanol–water partition coefficient (Wildman–Crippen LogP) is 3.32. The number of hydrogen-bond acceptors (Lipinski definition) is 4. The van der Waals surface area contributed by atoms with Gasteiger partial charge in [0.1, 0.15) is 11.5 Å². The van der Waals surface area contributed by atoms with E-state index in [-0.39, 0.29) is 23.5 Å². The maximum atomic E-state index is 13.6. The molecule has 0 saturated carbocycles. The Bertz CT molecular complexity index is 982. The first-order valence-corrected chi connectivity index (χ1v) is 12.5. The summed E-state index contributed by atoms with van der Waals surface area (Å²) in [4.78, 5) is 20.2. The number of nitrogens with zero attached hydrogens (tertiary/aromatic N) is 3. The van der Waals surface area contributed by atoms with E-state index in [4.69, 9.17) is 4.98 Å². The Morgan fingerprint density at radius 3 is 2.69 bits per heavy atom. The summed E-state index contributed by atoms with van der Waals surface area (Å²) in [6.07, 6.45) is 5.43. The van der Waals surface area contributed by atoms with E-state index in [1.54, 1.807) is 4.90 Å². The largest absolute Gasteiger partial charge is 0.333 e. The van der Waals surface area contributed by atoms with Crippen LogP contribution in [-0.4, -0.2) is 52.9 Å². The number of carbonyl (C=O) groups is 1. The Balaban J connectivity index is 1.75. The molecule has 0 radical (unpaired) electrons. The minimum absolute atomic E-state index is 0.0698. The first kappa shape index (κ1) is 20.1. The van der Waals surface area contributed by atoms with Gasteiger partial charge in [-0.2, -0.15) is 0 Å². The Kier molecular flexibility index (Phi) is 5.76. The molecule has 156 valence electrons. The monoisotopic (exact) mass is 415 g/mol. The summed E-state index contributed by atoms with van der Waals surface area (Å²) in [5.41, 5.74) is 2.54. The van der Waals surface area contributed by atoms with Crippen LogP contribution in [0.5, 0.6) is 0 Å². The van der Waals surface area contributed by atoms with Crippen LogP contribution in [0.2, 0.25) is 0 Å². The van der Waals surface area contributed by atoms with Crippen LogP contribution < -0.4 is 0 Å². The number of hydrogen-bond donors (Lipinski definition) is 0. The number of imidazole rings is 1. The third-order valence-corrected chi connectivity index (χ3v) is 7.73. The summed E-state index contributed by atoms with van der Waals surface area (Å²) in [6, 6.07) is 9.77. The van der Waals surface area contributed by atoms with E-state index in [0.29, 0.717) is 18.7 Å². The van der Waals surface area contributed by atoms with Crippen molar-refractivity contribution in [3.05, 3.63) is 41.7 Å². The van der Waals surface area contributed by atoms with Crippen LogP contribution in [0, 0.1) is 0 Å². The van der Waals surface area contributed by atoms with Crippen LogP contribution in [0.25, 0.3) is 11.4 Å².